The number of alkyl halides is 3. The minimum absolute atomic E-state index is 0.0526. The van der Waals surface area contributed by atoms with Crippen molar-refractivity contribution in [1.82, 2.24) is 5.32 Å². The summed E-state index contributed by atoms with van der Waals surface area (Å²) in [6.07, 6.45) is -4.17. The summed E-state index contributed by atoms with van der Waals surface area (Å²) in [5, 5.41) is 12.5. The van der Waals surface area contributed by atoms with Gasteiger partial charge in [0.05, 0.1) is 16.9 Å². The van der Waals surface area contributed by atoms with Crippen LogP contribution in [0, 0.1) is 0 Å². The molecule has 0 fully saturated rings. The highest BCUT2D eigenvalue weighted by Crippen LogP contribution is 2.36. The summed E-state index contributed by atoms with van der Waals surface area (Å²) in [6.45, 7) is 2.61. The number of carbonyl (C=O) groups is 1. The zero-order valence-electron chi connectivity index (χ0n) is 15.2. The van der Waals surface area contributed by atoms with Crippen LogP contribution in [-0.4, -0.2) is 32.6 Å². The second-order valence-electron chi connectivity index (χ2n) is 6.37. The lowest BCUT2D eigenvalue weighted by Gasteiger charge is -2.18. The van der Waals surface area contributed by atoms with Gasteiger partial charge >= 0.3 is 12.2 Å². The molecule has 0 saturated carbocycles. The molecule has 29 heavy (non-hydrogen) atoms. The van der Waals surface area contributed by atoms with Crippen molar-refractivity contribution in [2.75, 3.05) is 22.7 Å². The third-order valence-electron chi connectivity index (χ3n) is 4.38. The number of rotatable bonds is 4. The standard InChI is InChI=1S/C18H18F3N3O4S/c1-2-22-17(26)24-8-7-11-3-5-13(10-14(11)24)23-29(27,28)16-9-12(18(19,20)21)4-6-15(16)25/h3-6,9-10,23,25H,2,7-8H2,1H3,(H,22,26). The monoisotopic (exact) mass is 429 g/mol. The number of phenolic OH excluding ortho intramolecular Hbond substituents is 1. The molecular weight excluding hydrogens is 411 g/mol. The smallest absolute Gasteiger partial charge is 0.416 e. The van der Waals surface area contributed by atoms with Crippen molar-refractivity contribution in [1.29, 1.82) is 0 Å². The average Bonchev–Trinajstić information content (AvgIpc) is 3.04. The van der Waals surface area contributed by atoms with Gasteiger partial charge < -0.3 is 10.4 Å². The highest BCUT2D eigenvalue weighted by molar-refractivity contribution is 7.92. The molecule has 1 heterocycles. The first-order chi connectivity index (χ1) is 13.5. The van der Waals surface area contributed by atoms with Crippen LogP contribution in [0.15, 0.2) is 41.3 Å². The van der Waals surface area contributed by atoms with Crippen LogP contribution in [0.2, 0.25) is 0 Å². The highest BCUT2D eigenvalue weighted by Gasteiger charge is 2.33. The summed E-state index contributed by atoms with van der Waals surface area (Å²) in [5.74, 6) is -0.810. The van der Waals surface area contributed by atoms with Gasteiger partial charge in [-0.1, -0.05) is 6.07 Å². The molecule has 0 aromatic heterocycles. The predicted octanol–water partition coefficient (Wildman–Crippen LogP) is 3.30. The van der Waals surface area contributed by atoms with Gasteiger partial charge in [-0.2, -0.15) is 13.2 Å². The molecule has 3 N–H and O–H groups in total. The van der Waals surface area contributed by atoms with Crippen molar-refractivity contribution >= 4 is 27.4 Å². The third-order valence-corrected chi connectivity index (χ3v) is 5.79. The number of carbonyl (C=O) groups excluding carboxylic acids is 1. The van der Waals surface area contributed by atoms with E-state index in [0.717, 1.165) is 5.56 Å². The fraction of sp³-hybridized carbons (Fsp3) is 0.278. The minimum Gasteiger partial charge on any atom is -0.507 e. The summed E-state index contributed by atoms with van der Waals surface area (Å²) >= 11 is 0. The number of phenols is 1. The Hall–Kier alpha value is -2.95. The number of hydrogen-bond acceptors (Lipinski definition) is 4. The van der Waals surface area contributed by atoms with E-state index in [4.69, 9.17) is 0 Å². The number of halogens is 3. The van der Waals surface area contributed by atoms with Crippen LogP contribution in [0.3, 0.4) is 0 Å². The Labute approximate surface area is 165 Å². The van der Waals surface area contributed by atoms with Crippen LogP contribution >= 0.6 is 0 Å². The lowest BCUT2D eigenvalue weighted by molar-refractivity contribution is -0.137. The van der Waals surface area contributed by atoms with Gasteiger partial charge in [0.1, 0.15) is 10.6 Å². The fourth-order valence-corrected chi connectivity index (χ4v) is 4.19. The van der Waals surface area contributed by atoms with E-state index in [1.165, 1.54) is 17.0 Å². The molecule has 0 atom stereocenters. The molecule has 3 rings (SSSR count). The Bertz CT molecular complexity index is 1050. The van der Waals surface area contributed by atoms with Crippen LogP contribution in [0.5, 0.6) is 5.75 Å². The molecule has 11 heteroatoms. The SMILES string of the molecule is CCNC(=O)N1CCc2ccc(NS(=O)(=O)c3cc(C(F)(F)F)ccc3O)cc21. The third kappa shape index (κ3) is 4.24. The van der Waals surface area contributed by atoms with Gasteiger partial charge in [-0.25, -0.2) is 13.2 Å². The summed E-state index contributed by atoms with van der Waals surface area (Å²) in [5.41, 5.74) is 0.189. The van der Waals surface area contributed by atoms with Crippen LogP contribution in [0.1, 0.15) is 18.1 Å². The Kier molecular flexibility index (Phi) is 5.35. The summed E-state index contributed by atoms with van der Waals surface area (Å²) < 4.78 is 66.1. The van der Waals surface area contributed by atoms with E-state index < -0.39 is 32.4 Å². The first-order valence-corrected chi connectivity index (χ1v) is 10.1. The zero-order valence-corrected chi connectivity index (χ0v) is 16.1. The second-order valence-corrected chi connectivity index (χ2v) is 8.02. The number of nitrogens with zero attached hydrogens (tertiary/aromatic N) is 1. The van der Waals surface area contributed by atoms with Crippen LogP contribution in [0.4, 0.5) is 29.3 Å². The summed E-state index contributed by atoms with van der Waals surface area (Å²) in [4.78, 5) is 12.7. The lowest BCUT2D eigenvalue weighted by Crippen LogP contribution is -2.38. The molecule has 1 aliphatic rings. The van der Waals surface area contributed by atoms with Gasteiger partial charge in [-0.3, -0.25) is 9.62 Å². The topological polar surface area (TPSA) is 98.7 Å². The molecule has 156 valence electrons. The van der Waals surface area contributed by atoms with E-state index in [1.54, 1.807) is 13.0 Å². The van der Waals surface area contributed by atoms with Gasteiger partial charge in [0.25, 0.3) is 10.0 Å². The first-order valence-electron chi connectivity index (χ1n) is 8.64. The maximum atomic E-state index is 12.9. The van der Waals surface area contributed by atoms with Gasteiger partial charge in [0, 0.05) is 13.1 Å². The van der Waals surface area contributed by atoms with Gasteiger partial charge in [0.2, 0.25) is 0 Å². The maximum Gasteiger partial charge on any atom is 0.416 e. The molecular formula is C18H18F3N3O4S. The maximum absolute atomic E-state index is 12.9. The van der Waals surface area contributed by atoms with E-state index in [9.17, 15) is 31.5 Å². The number of urea groups is 1. The molecule has 0 bridgehead atoms. The number of hydrogen-bond donors (Lipinski definition) is 3. The summed E-state index contributed by atoms with van der Waals surface area (Å²) in [6, 6.07) is 5.82. The molecule has 2 aromatic carbocycles. The van der Waals surface area contributed by atoms with E-state index in [1.807, 2.05) is 0 Å². The highest BCUT2D eigenvalue weighted by atomic mass is 32.2. The summed E-state index contributed by atoms with van der Waals surface area (Å²) in [7, 11) is -4.51. The van der Waals surface area contributed by atoms with Gasteiger partial charge in [-0.05, 0) is 49.2 Å². The first kappa shape index (κ1) is 20.8. The normalized spacial score (nSPS) is 13.9. The number of fused-ring (bicyclic) bond motifs is 1. The average molecular weight is 429 g/mol. The van der Waals surface area contributed by atoms with Crippen LogP contribution < -0.4 is 14.9 Å². The molecule has 1 aliphatic heterocycles. The fourth-order valence-electron chi connectivity index (χ4n) is 3.02. The van der Waals surface area contributed by atoms with E-state index in [0.29, 0.717) is 43.4 Å². The molecule has 0 radical (unpaired) electrons. The van der Waals surface area contributed by atoms with Crippen LogP contribution in [-0.2, 0) is 22.6 Å². The van der Waals surface area contributed by atoms with Crippen molar-refractivity contribution < 1.29 is 31.5 Å². The molecule has 2 aromatic rings. The number of sulfonamides is 1. The Morgan fingerprint density at radius 1 is 1.21 bits per heavy atom. The number of nitrogens with one attached hydrogen (secondary N) is 2. The van der Waals surface area contributed by atoms with Crippen molar-refractivity contribution in [3.05, 3.63) is 47.5 Å². The Morgan fingerprint density at radius 3 is 2.59 bits per heavy atom. The lowest BCUT2D eigenvalue weighted by atomic mass is 10.1. The minimum atomic E-state index is -4.77. The van der Waals surface area contributed by atoms with Crippen molar-refractivity contribution in [2.24, 2.45) is 0 Å². The van der Waals surface area contributed by atoms with Crippen molar-refractivity contribution in [3.63, 3.8) is 0 Å². The molecule has 7 nitrogen and oxygen atoms in total. The second kappa shape index (κ2) is 7.47. The van der Waals surface area contributed by atoms with Gasteiger partial charge in [0.15, 0.2) is 0 Å². The predicted molar refractivity (Wildman–Crippen MR) is 100 cm³/mol. The molecule has 2 amide bonds. The zero-order chi connectivity index (χ0) is 21.4. The van der Waals surface area contributed by atoms with Gasteiger partial charge in [-0.15, -0.1) is 0 Å². The number of benzene rings is 2. The number of amides is 2. The van der Waals surface area contributed by atoms with E-state index in [-0.39, 0.29) is 11.7 Å². The molecule has 0 unspecified atom stereocenters. The van der Waals surface area contributed by atoms with Crippen molar-refractivity contribution in [3.8, 4) is 5.75 Å². The largest absolute Gasteiger partial charge is 0.507 e. The van der Waals surface area contributed by atoms with Crippen LogP contribution in [0.25, 0.3) is 0 Å². The molecule has 0 spiro atoms. The Balaban J connectivity index is 1.93. The number of aromatic hydroxyl groups is 1. The Morgan fingerprint density at radius 2 is 1.93 bits per heavy atom. The van der Waals surface area contributed by atoms with E-state index in [2.05, 4.69) is 10.0 Å². The number of anilines is 2. The van der Waals surface area contributed by atoms with E-state index >= 15 is 0 Å². The molecule has 0 saturated heterocycles. The van der Waals surface area contributed by atoms with Crippen molar-refractivity contribution in [2.45, 2.75) is 24.4 Å². The molecule has 0 aliphatic carbocycles. The quantitative estimate of drug-likeness (QED) is 0.695.